The van der Waals surface area contributed by atoms with Gasteiger partial charge in [0.15, 0.2) is 11.6 Å². The standard InChI is InChI=1S/C31H21F6NO5/c1-13-7-23(40)22-12-21-19(24(26(22)27(13)41)14-3-2-4-18(39)8-14)5-6-20-25(21)29(43)38(28(20)42)17-10-15(30(32,33)34)9-16(11-17)31(35,36)37/h2-5,7-11,20-21,24-25,39H,6,12H2,1H3. The molecule has 0 aromatic heterocycles. The van der Waals surface area contributed by atoms with Gasteiger partial charge in [0.05, 0.1) is 28.7 Å². The minimum Gasteiger partial charge on any atom is -0.508 e. The van der Waals surface area contributed by atoms with Crippen LogP contribution in [-0.4, -0.2) is 28.5 Å². The number of amides is 2. The van der Waals surface area contributed by atoms with Crippen LogP contribution in [0.3, 0.4) is 0 Å². The molecule has 6 nitrogen and oxygen atoms in total. The largest absolute Gasteiger partial charge is 0.508 e. The summed E-state index contributed by atoms with van der Waals surface area (Å²) in [7, 11) is 0. The van der Waals surface area contributed by atoms with Gasteiger partial charge in [-0.3, -0.25) is 19.2 Å². The summed E-state index contributed by atoms with van der Waals surface area (Å²) in [6.45, 7) is 1.49. The summed E-state index contributed by atoms with van der Waals surface area (Å²) in [5.74, 6) is -6.98. The van der Waals surface area contributed by atoms with Gasteiger partial charge in [0, 0.05) is 22.6 Å². The highest BCUT2D eigenvalue weighted by molar-refractivity contribution is 6.25. The van der Waals surface area contributed by atoms with Gasteiger partial charge in [-0.1, -0.05) is 23.8 Å². The number of hydrogen-bond acceptors (Lipinski definition) is 5. The maximum Gasteiger partial charge on any atom is 0.416 e. The van der Waals surface area contributed by atoms with Crippen molar-refractivity contribution in [3.63, 3.8) is 0 Å². The van der Waals surface area contributed by atoms with E-state index < -0.39 is 76.2 Å². The predicted molar refractivity (Wildman–Crippen MR) is 138 cm³/mol. The average Bonchev–Trinajstić information content (AvgIpc) is 3.19. The highest BCUT2D eigenvalue weighted by Crippen LogP contribution is 2.56. The number of phenolic OH excluding ortho intramolecular Hbond substituents is 1. The third-order valence-corrected chi connectivity index (χ3v) is 8.60. The molecule has 1 saturated heterocycles. The van der Waals surface area contributed by atoms with Crippen molar-refractivity contribution in [1.82, 2.24) is 0 Å². The van der Waals surface area contributed by atoms with Crippen LogP contribution >= 0.6 is 0 Å². The summed E-state index contributed by atoms with van der Waals surface area (Å²) in [6.07, 6.45) is -7.76. The monoisotopic (exact) mass is 601 g/mol. The zero-order chi connectivity index (χ0) is 31.2. The number of benzene rings is 2. The van der Waals surface area contributed by atoms with Crippen LogP contribution in [0.15, 0.2) is 76.9 Å². The second-order valence-electron chi connectivity index (χ2n) is 11.1. The van der Waals surface area contributed by atoms with E-state index in [-0.39, 0.29) is 41.4 Å². The van der Waals surface area contributed by atoms with E-state index in [0.29, 0.717) is 28.2 Å². The fraction of sp³-hybridized carbons (Fsp3) is 0.290. The van der Waals surface area contributed by atoms with Gasteiger partial charge in [-0.25, -0.2) is 4.90 Å². The van der Waals surface area contributed by atoms with E-state index in [2.05, 4.69) is 0 Å². The van der Waals surface area contributed by atoms with Crippen molar-refractivity contribution < 1.29 is 50.6 Å². The number of carbonyl (C=O) groups excluding carboxylic acids is 4. The fourth-order valence-electron chi connectivity index (χ4n) is 6.77. The Hall–Kier alpha value is -4.48. The predicted octanol–water partition coefficient (Wildman–Crippen LogP) is 6.06. The molecule has 12 heteroatoms. The van der Waals surface area contributed by atoms with Gasteiger partial charge in [-0.05, 0) is 67.7 Å². The smallest absolute Gasteiger partial charge is 0.416 e. The SMILES string of the molecule is CC1=CC(=O)C2=C(C1=O)C(c1cccc(O)c1)C1=CCC3C(=O)N(c4cc(C(F)(F)F)cc(C(F)(F)F)c4)C(=O)C3C1C2. The van der Waals surface area contributed by atoms with Crippen molar-refractivity contribution in [2.75, 3.05) is 4.90 Å². The number of nitrogens with zero attached hydrogens (tertiary/aromatic N) is 1. The second kappa shape index (κ2) is 9.51. The van der Waals surface area contributed by atoms with Gasteiger partial charge in [-0.2, -0.15) is 26.3 Å². The third-order valence-electron chi connectivity index (χ3n) is 8.60. The molecule has 6 rings (SSSR count). The van der Waals surface area contributed by atoms with E-state index in [1.807, 2.05) is 0 Å². The Morgan fingerprint density at radius 3 is 2.12 bits per heavy atom. The molecule has 0 saturated carbocycles. The number of phenols is 1. The number of carbonyl (C=O) groups is 4. The number of ketones is 2. The highest BCUT2D eigenvalue weighted by Gasteiger charge is 2.57. The van der Waals surface area contributed by atoms with Gasteiger partial charge in [0.2, 0.25) is 11.8 Å². The first-order valence-corrected chi connectivity index (χ1v) is 13.2. The number of fused-ring (bicyclic) bond motifs is 3. The van der Waals surface area contributed by atoms with Crippen LogP contribution in [-0.2, 0) is 31.5 Å². The van der Waals surface area contributed by atoms with Crippen LogP contribution in [0.1, 0.15) is 42.4 Å². The quantitative estimate of drug-likeness (QED) is 0.196. The maximum atomic E-state index is 13.9. The molecule has 1 N–H and O–H groups in total. The summed E-state index contributed by atoms with van der Waals surface area (Å²) in [5, 5.41) is 10.2. The number of anilines is 1. The van der Waals surface area contributed by atoms with E-state index >= 15 is 0 Å². The maximum absolute atomic E-state index is 13.9. The first kappa shape index (κ1) is 28.6. The summed E-state index contributed by atoms with van der Waals surface area (Å²) in [6, 6.07) is 6.57. The number of halogens is 6. The normalized spacial score (nSPS) is 25.8. The summed E-state index contributed by atoms with van der Waals surface area (Å²) in [5.41, 5.74) is -2.74. The topological polar surface area (TPSA) is 91.8 Å². The fourth-order valence-corrected chi connectivity index (χ4v) is 6.77. The molecule has 4 atom stereocenters. The molecule has 2 amide bonds. The Labute approximate surface area is 240 Å². The van der Waals surface area contributed by atoms with Gasteiger partial charge in [0.25, 0.3) is 0 Å². The summed E-state index contributed by atoms with van der Waals surface area (Å²) >= 11 is 0. The Bertz CT molecular complexity index is 1700. The van der Waals surface area contributed by atoms with Gasteiger partial charge in [0.1, 0.15) is 5.75 Å². The molecule has 1 heterocycles. The van der Waals surface area contributed by atoms with E-state index in [0.717, 1.165) is 0 Å². The van der Waals surface area contributed by atoms with Crippen molar-refractivity contribution in [2.45, 2.75) is 38.0 Å². The van der Waals surface area contributed by atoms with Crippen molar-refractivity contribution >= 4 is 29.1 Å². The molecular formula is C31H21F6NO5. The third kappa shape index (κ3) is 4.50. The van der Waals surface area contributed by atoms with Gasteiger partial charge in [-0.15, -0.1) is 0 Å². The lowest BCUT2D eigenvalue weighted by Gasteiger charge is -2.42. The van der Waals surface area contributed by atoms with Crippen LogP contribution in [0.2, 0.25) is 0 Å². The molecule has 4 unspecified atom stereocenters. The molecule has 0 bridgehead atoms. The molecule has 0 spiro atoms. The van der Waals surface area contributed by atoms with Crippen LogP contribution in [0.5, 0.6) is 5.75 Å². The number of imide groups is 1. The minimum atomic E-state index is -5.19. The number of Topliss-reactive ketones (excluding diaryl/α,β-unsaturated/α-hetero) is 1. The average molecular weight is 601 g/mol. The molecular weight excluding hydrogens is 580 g/mol. The van der Waals surface area contributed by atoms with E-state index in [1.165, 1.54) is 31.2 Å². The molecule has 0 radical (unpaired) electrons. The van der Waals surface area contributed by atoms with E-state index in [4.69, 9.17) is 0 Å². The number of allylic oxidation sites excluding steroid dienone is 6. The van der Waals surface area contributed by atoms with E-state index in [1.54, 1.807) is 12.1 Å². The first-order valence-electron chi connectivity index (χ1n) is 13.2. The van der Waals surface area contributed by atoms with Crippen molar-refractivity contribution in [3.8, 4) is 5.75 Å². The Kier molecular flexibility index (Phi) is 6.34. The summed E-state index contributed by atoms with van der Waals surface area (Å²) in [4.78, 5) is 54.3. The van der Waals surface area contributed by atoms with Crippen molar-refractivity contribution in [1.29, 1.82) is 0 Å². The van der Waals surface area contributed by atoms with Crippen molar-refractivity contribution in [3.05, 3.63) is 93.6 Å². The number of hydrogen-bond donors (Lipinski definition) is 1. The molecule has 2 aromatic carbocycles. The molecule has 1 aliphatic heterocycles. The number of rotatable bonds is 2. The van der Waals surface area contributed by atoms with Crippen LogP contribution in [0.25, 0.3) is 0 Å². The van der Waals surface area contributed by atoms with Crippen molar-refractivity contribution in [2.24, 2.45) is 17.8 Å². The molecule has 2 aromatic rings. The summed E-state index contributed by atoms with van der Waals surface area (Å²) < 4.78 is 81.4. The van der Waals surface area contributed by atoms with Gasteiger partial charge < -0.3 is 5.11 Å². The number of alkyl halides is 6. The molecule has 3 aliphatic carbocycles. The first-order chi connectivity index (χ1) is 20.1. The Morgan fingerprint density at radius 2 is 1.51 bits per heavy atom. The molecule has 1 fully saturated rings. The Balaban J connectivity index is 1.47. The lowest BCUT2D eigenvalue weighted by atomic mass is 9.59. The minimum absolute atomic E-state index is 0.0719. The molecule has 222 valence electrons. The van der Waals surface area contributed by atoms with Crippen LogP contribution in [0.4, 0.5) is 32.0 Å². The lowest BCUT2D eigenvalue weighted by Crippen LogP contribution is -2.39. The lowest BCUT2D eigenvalue weighted by molar-refractivity contribution is -0.143. The van der Waals surface area contributed by atoms with E-state index in [9.17, 15) is 50.6 Å². The van der Waals surface area contributed by atoms with Crippen LogP contribution in [0, 0.1) is 17.8 Å². The number of aromatic hydroxyl groups is 1. The zero-order valence-corrected chi connectivity index (χ0v) is 22.2. The molecule has 4 aliphatic rings. The zero-order valence-electron chi connectivity index (χ0n) is 22.2. The second-order valence-corrected chi connectivity index (χ2v) is 11.1. The van der Waals surface area contributed by atoms with Crippen LogP contribution < -0.4 is 4.90 Å². The Morgan fingerprint density at radius 1 is 0.860 bits per heavy atom. The van der Waals surface area contributed by atoms with Gasteiger partial charge >= 0.3 is 12.4 Å². The highest BCUT2D eigenvalue weighted by atomic mass is 19.4. The molecule has 43 heavy (non-hydrogen) atoms.